The van der Waals surface area contributed by atoms with Crippen LogP contribution in [-0.4, -0.2) is 18.1 Å². The van der Waals surface area contributed by atoms with Crippen molar-refractivity contribution in [3.63, 3.8) is 0 Å². The van der Waals surface area contributed by atoms with Gasteiger partial charge in [0.15, 0.2) is 0 Å². The molecule has 3 rings (SSSR count). The molecule has 0 aromatic carbocycles. The average Bonchev–Trinajstić information content (AvgIpc) is 2.70. The van der Waals surface area contributed by atoms with Crippen molar-refractivity contribution in [2.45, 2.75) is 0 Å². The van der Waals surface area contributed by atoms with Crippen molar-refractivity contribution in [1.82, 2.24) is 4.98 Å². The molecular formula is C11H10FN3. The van der Waals surface area contributed by atoms with Crippen molar-refractivity contribution in [1.29, 1.82) is 5.26 Å². The van der Waals surface area contributed by atoms with E-state index in [-0.39, 0.29) is 11.7 Å². The second-order valence-electron chi connectivity index (χ2n) is 4.22. The lowest BCUT2D eigenvalue weighted by Gasteiger charge is -2.19. The first kappa shape index (κ1) is 8.66. The second kappa shape index (κ2) is 2.93. The minimum Gasteiger partial charge on any atom is -0.356 e. The summed E-state index contributed by atoms with van der Waals surface area (Å²) in [5.41, 5.74) is 0. The summed E-state index contributed by atoms with van der Waals surface area (Å²) >= 11 is 0. The van der Waals surface area contributed by atoms with Crippen LogP contribution in [0.1, 0.15) is 0 Å². The number of nitriles is 1. The molecule has 15 heavy (non-hydrogen) atoms. The van der Waals surface area contributed by atoms with Crippen LogP contribution in [0.3, 0.4) is 0 Å². The molecule has 1 unspecified atom stereocenters. The first-order valence-electron chi connectivity index (χ1n) is 5.05. The van der Waals surface area contributed by atoms with Gasteiger partial charge in [-0.25, -0.2) is 9.37 Å². The van der Waals surface area contributed by atoms with Crippen LogP contribution in [0.5, 0.6) is 0 Å². The molecule has 3 atom stereocenters. The third kappa shape index (κ3) is 1.27. The van der Waals surface area contributed by atoms with Crippen LogP contribution in [0.25, 0.3) is 0 Å². The summed E-state index contributed by atoms with van der Waals surface area (Å²) < 4.78 is 13.0. The van der Waals surface area contributed by atoms with E-state index >= 15 is 0 Å². The van der Waals surface area contributed by atoms with Gasteiger partial charge >= 0.3 is 0 Å². The highest BCUT2D eigenvalue weighted by molar-refractivity contribution is 5.42. The molecule has 1 aliphatic carbocycles. The van der Waals surface area contributed by atoms with Gasteiger partial charge in [0.05, 0.1) is 12.0 Å². The smallest absolute Gasteiger partial charge is 0.131 e. The molecule has 0 amide bonds. The Morgan fingerprint density at radius 1 is 1.47 bits per heavy atom. The molecule has 0 spiro atoms. The van der Waals surface area contributed by atoms with Crippen molar-refractivity contribution in [2.24, 2.45) is 17.8 Å². The summed E-state index contributed by atoms with van der Waals surface area (Å²) in [6.45, 7) is 1.69. The summed E-state index contributed by atoms with van der Waals surface area (Å²) in [6, 6.07) is 5.10. The molecule has 76 valence electrons. The number of fused-ring (bicyclic) bond motifs is 1. The Morgan fingerprint density at radius 3 is 2.80 bits per heavy atom. The molecule has 0 N–H and O–H groups in total. The zero-order chi connectivity index (χ0) is 10.4. The Kier molecular flexibility index (Phi) is 1.69. The van der Waals surface area contributed by atoms with E-state index in [0.29, 0.717) is 17.7 Å². The van der Waals surface area contributed by atoms with Crippen LogP contribution >= 0.6 is 0 Å². The highest BCUT2D eigenvalue weighted by atomic mass is 19.1. The number of pyridine rings is 1. The van der Waals surface area contributed by atoms with Gasteiger partial charge in [-0.05, 0) is 17.9 Å². The summed E-state index contributed by atoms with van der Waals surface area (Å²) in [4.78, 5) is 6.19. The average molecular weight is 203 g/mol. The Balaban J connectivity index is 1.75. The van der Waals surface area contributed by atoms with E-state index in [1.807, 2.05) is 0 Å². The van der Waals surface area contributed by atoms with Gasteiger partial charge in [0.2, 0.25) is 0 Å². The maximum absolute atomic E-state index is 13.0. The minimum absolute atomic E-state index is 0.231. The normalized spacial score (nSPS) is 32.3. The van der Waals surface area contributed by atoms with E-state index in [9.17, 15) is 4.39 Å². The fourth-order valence-corrected chi connectivity index (χ4v) is 2.47. The zero-order valence-corrected chi connectivity index (χ0v) is 8.10. The van der Waals surface area contributed by atoms with Gasteiger partial charge in [0.1, 0.15) is 11.6 Å². The standard InChI is InChI=1S/C11H10FN3/c12-7-1-2-14-11(3-7)15-5-9-8(4-13)10(9)6-15/h1-3,8-10H,5-6H2/t8?,9-,10+. The molecule has 2 heterocycles. The molecule has 0 bridgehead atoms. The molecule has 1 saturated carbocycles. The van der Waals surface area contributed by atoms with Crippen molar-refractivity contribution in [3.8, 4) is 6.07 Å². The molecular weight excluding hydrogens is 193 g/mol. The Morgan fingerprint density at radius 2 is 2.20 bits per heavy atom. The van der Waals surface area contributed by atoms with E-state index < -0.39 is 0 Å². The van der Waals surface area contributed by atoms with Crippen LogP contribution in [0.2, 0.25) is 0 Å². The lowest BCUT2D eigenvalue weighted by molar-refractivity contribution is 0.623. The van der Waals surface area contributed by atoms with Crippen LogP contribution in [0.4, 0.5) is 10.2 Å². The first-order chi connectivity index (χ1) is 7.29. The number of anilines is 1. The Labute approximate surface area is 87.1 Å². The summed E-state index contributed by atoms with van der Waals surface area (Å²) in [7, 11) is 0. The highest BCUT2D eigenvalue weighted by Gasteiger charge is 2.56. The van der Waals surface area contributed by atoms with E-state index in [1.54, 1.807) is 0 Å². The molecule has 2 fully saturated rings. The largest absolute Gasteiger partial charge is 0.356 e. The Bertz CT molecular complexity index is 428. The quantitative estimate of drug-likeness (QED) is 0.693. The fraction of sp³-hybridized carbons (Fsp3) is 0.455. The van der Waals surface area contributed by atoms with Gasteiger partial charge in [0, 0.05) is 25.4 Å². The number of piperidine rings is 1. The lowest BCUT2D eigenvalue weighted by atomic mass is 10.3. The summed E-state index contributed by atoms with van der Waals surface area (Å²) in [5, 5.41) is 8.77. The predicted molar refractivity (Wildman–Crippen MR) is 52.5 cm³/mol. The van der Waals surface area contributed by atoms with E-state index in [2.05, 4.69) is 16.0 Å². The van der Waals surface area contributed by atoms with Crippen LogP contribution in [-0.2, 0) is 0 Å². The number of rotatable bonds is 1. The maximum atomic E-state index is 13.0. The van der Waals surface area contributed by atoms with Crippen molar-refractivity contribution >= 4 is 5.82 Å². The number of nitrogens with zero attached hydrogens (tertiary/aromatic N) is 3. The zero-order valence-electron chi connectivity index (χ0n) is 8.10. The summed E-state index contributed by atoms with van der Waals surface area (Å²) in [5.74, 6) is 1.64. The highest BCUT2D eigenvalue weighted by Crippen LogP contribution is 2.51. The fourth-order valence-electron chi connectivity index (χ4n) is 2.47. The molecule has 1 aromatic rings. The molecule has 1 aliphatic heterocycles. The van der Waals surface area contributed by atoms with Gasteiger partial charge in [-0.3, -0.25) is 0 Å². The number of aromatic nitrogens is 1. The third-order valence-corrected chi connectivity index (χ3v) is 3.37. The second-order valence-corrected chi connectivity index (χ2v) is 4.22. The lowest BCUT2D eigenvalue weighted by Crippen LogP contribution is -2.24. The number of hydrogen-bond acceptors (Lipinski definition) is 3. The van der Waals surface area contributed by atoms with Gasteiger partial charge in [-0.1, -0.05) is 0 Å². The minimum atomic E-state index is -0.252. The van der Waals surface area contributed by atoms with Crippen LogP contribution in [0.15, 0.2) is 18.3 Å². The number of hydrogen-bond donors (Lipinski definition) is 0. The molecule has 0 radical (unpaired) electrons. The SMILES string of the molecule is N#CC1[C@H]2CN(c3cc(F)ccn3)C[C@@H]12. The number of halogens is 1. The predicted octanol–water partition coefficient (Wildman–Crippen LogP) is 1.43. The van der Waals surface area contributed by atoms with Crippen LogP contribution in [0, 0.1) is 34.9 Å². The molecule has 2 aliphatic rings. The van der Waals surface area contributed by atoms with E-state index in [1.165, 1.54) is 18.3 Å². The molecule has 1 aromatic heterocycles. The monoisotopic (exact) mass is 203 g/mol. The molecule has 4 heteroatoms. The summed E-state index contributed by atoms with van der Waals surface area (Å²) in [6.07, 6.45) is 1.48. The first-order valence-corrected chi connectivity index (χ1v) is 5.05. The third-order valence-electron chi connectivity index (χ3n) is 3.37. The van der Waals surface area contributed by atoms with Crippen molar-refractivity contribution < 1.29 is 4.39 Å². The van der Waals surface area contributed by atoms with E-state index in [0.717, 1.165) is 13.1 Å². The topological polar surface area (TPSA) is 39.9 Å². The van der Waals surface area contributed by atoms with Gasteiger partial charge in [0.25, 0.3) is 0 Å². The van der Waals surface area contributed by atoms with Gasteiger partial charge in [-0.2, -0.15) is 5.26 Å². The molecule has 1 saturated heterocycles. The van der Waals surface area contributed by atoms with Gasteiger partial charge in [-0.15, -0.1) is 0 Å². The molecule has 3 nitrogen and oxygen atoms in total. The van der Waals surface area contributed by atoms with E-state index in [4.69, 9.17) is 5.26 Å². The van der Waals surface area contributed by atoms with Crippen LogP contribution < -0.4 is 4.90 Å². The van der Waals surface area contributed by atoms with Crippen molar-refractivity contribution in [2.75, 3.05) is 18.0 Å². The van der Waals surface area contributed by atoms with Crippen molar-refractivity contribution in [3.05, 3.63) is 24.1 Å². The Hall–Kier alpha value is -1.63. The van der Waals surface area contributed by atoms with Gasteiger partial charge < -0.3 is 4.90 Å². The maximum Gasteiger partial charge on any atom is 0.131 e.